The van der Waals surface area contributed by atoms with Gasteiger partial charge in [0.15, 0.2) is 0 Å². The molecule has 90 valence electrons. The van der Waals surface area contributed by atoms with Gasteiger partial charge >= 0.3 is 6.18 Å². The molecule has 0 aromatic heterocycles. The molecule has 1 N–H and O–H groups in total. The molecule has 0 radical (unpaired) electrons. The highest BCUT2D eigenvalue weighted by Crippen LogP contribution is 2.28. The molecular formula is C10H9BrF4O. The van der Waals surface area contributed by atoms with E-state index >= 15 is 0 Å². The molecule has 1 aromatic carbocycles. The average Bonchev–Trinajstić information content (AvgIpc) is 2.11. The first kappa shape index (κ1) is 13.4. The number of aliphatic hydroxyl groups is 1. The maximum atomic E-state index is 12.9. The van der Waals surface area contributed by atoms with Crippen molar-refractivity contribution in [2.24, 2.45) is 0 Å². The van der Waals surface area contributed by atoms with Crippen LogP contribution in [0, 0.1) is 5.82 Å². The molecule has 1 atom stereocenters. The van der Waals surface area contributed by atoms with Gasteiger partial charge < -0.3 is 5.11 Å². The molecule has 1 aromatic rings. The first-order valence-electron chi connectivity index (χ1n) is 4.49. The highest BCUT2D eigenvalue weighted by Gasteiger charge is 2.28. The molecule has 1 rings (SSSR count). The summed E-state index contributed by atoms with van der Waals surface area (Å²) in [6.07, 6.45) is -7.19. The molecule has 1 unspecified atom stereocenters. The minimum absolute atomic E-state index is 0.135. The van der Waals surface area contributed by atoms with Crippen molar-refractivity contribution in [3.8, 4) is 0 Å². The zero-order valence-corrected chi connectivity index (χ0v) is 9.65. The van der Waals surface area contributed by atoms with E-state index < -0.39 is 30.9 Å². The number of alkyl halides is 3. The summed E-state index contributed by atoms with van der Waals surface area (Å²) in [7, 11) is 0. The summed E-state index contributed by atoms with van der Waals surface area (Å²) in [4.78, 5) is 0. The van der Waals surface area contributed by atoms with Crippen LogP contribution in [0.3, 0.4) is 0 Å². The topological polar surface area (TPSA) is 20.2 Å². The van der Waals surface area contributed by atoms with E-state index in [1.807, 2.05) is 0 Å². The number of hydrogen-bond acceptors (Lipinski definition) is 1. The Labute approximate surface area is 98.2 Å². The van der Waals surface area contributed by atoms with Crippen molar-refractivity contribution in [2.45, 2.75) is 25.1 Å². The van der Waals surface area contributed by atoms with Crippen LogP contribution >= 0.6 is 15.9 Å². The van der Waals surface area contributed by atoms with Gasteiger partial charge in [0.2, 0.25) is 0 Å². The molecule has 0 aliphatic heterocycles. The lowest BCUT2D eigenvalue weighted by Gasteiger charge is -2.13. The minimum Gasteiger partial charge on any atom is -0.388 e. The van der Waals surface area contributed by atoms with Crippen LogP contribution in [0.2, 0.25) is 0 Å². The zero-order chi connectivity index (χ0) is 12.3. The van der Waals surface area contributed by atoms with Crippen LogP contribution in [0.25, 0.3) is 0 Å². The van der Waals surface area contributed by atoms with Gasteiger partial charge in [0, 0.05) is 10.9 Å². The molecule has 0 spiro atoms. The third kappa shape index (κ3) is 4.49. The van der Waals surface area contributed by atoms with E-state index in [1.165, 1.54) is 12.1 Å². The zero-order valence-electron chi connectivity index (χ0n) is 8.06. The number of hydrogen-bond donors (Lipinski definition) is 1. The summed E-state index contributed by atoms with van der Waals surface area (Å²) in [6.45, 7) is 0. The highest BCUT2D eigenvalue weighted by molar-refractivity contribution is 9.10. The minimum atomic E-state index is -4.31. The third-order valence-electron chi connectivity index (χ3n) is 1.97. The Morgan fingerprint density at radius 1 is 1.25 bits per heavy atom. The molecule has 1 nitrogen and oxygen atoms in total. The van der Waals surface area contributed by atoms with Crippen molar-refractivity contribution >= 4 is 15.9 Å². The van der Waals surface area contributed by atoms with Gasteiger partial charge in [-0.3, -0.25) is 0 Å². The van der Waals surface area contributed by atoms with Crippen LogP contribution in [0.4, 0.5) is 17.6 Å². The second-order valence-electron chi connectivity index (χ2n) is 3.37. The van der Waals surface area contributed by atoms with E-state index in [0.717, 1.165) is 6.07 Å². The molecule has 0 fully saturated rings. The Hall–Kier alpha value is -0.620. The lowest BCUT2D eigenvalue weighted by Crippen LogP contribution is -2.10. The molecular weight excluding hydrogens is 292 g/mol. The third-order valence-corrected chi connectivity index (χ3v) is 2.43. The van der Waals surface area contributed by atoms with Crippen molar-refractivity contribution in [3.05, 3.63) is 34.1 Å². The lowest BCUT2D eigenvalue weighted by molar-refractivity contribution is -0.140. The number of benzene rings is 1. The van der Waals surface area contributed by atoms with Gasteiger partial charge in [-0.1, -0.05) is 15.9 Å². The summed E-state index contributed by atoms with van der Waals surface area (Å²) in [5, 5.41) is 9.45. The fourth-order valence-electron chi connectivity index (χ4n) is 1.23. The molecule has 0 amide bonds. The van der Waals surface area contributed by atoms with E-state index in [-0.39, 0.29) is 5.56 Å². The predicted octanol–water partition coefficient (Wildman–Crippen LogP) is 3.96. The molecule has 0 saturated carbocycles. The Kier molecular flexibility index (Phi) is 4.32. The van der Waals surface area contributed by atoms with Crippen molar-refractivity contribution in [1.82, 2.24) is 0 Å². The summed E-state index contributed by atoms with van der Waals surface area (Å²) < 4.78 is 49.0. The smallest absolute Gasteiger partial charge is 0.388 e. The van der Waals surface area contributed by atoms with Gasteiger partial charge in [-0.15, -0.1) is 0 Å². The fourth-order valence-corrected chi connectivity index (χ4v) is 1.72. The first-order chi connectivity index (χ1) is 7.28. The van der Waals surface area contributed by atoms with Crippen LogP contribution in [-0.2, 0) is 0 Å². The van der Waals surface area contributed by atoms with Crippen LogP contribution in [-0.4, -0.2) is 11.3 Å². The van der Waals surface area contributed by atoms with E-state index in [9.17, 15) is 22.7 Å². The Balaban J connectivity index is 2.69. The van der Waals surface area contributed by atoms with Gasteiger partial charge in [-0.05, 0) is 30.2 Å². The van der Waals surface area contributed by atoms with Crippen molar-refractivity contribution in [2.75, 3.05) is 0 Å². The maximum absolute atomic E-state index is 12.9. The van der Waals surface area contributed by atoms with E-state index in [4.69, 9.17) is 0 Å². The molecule has 6 heteroatoms. The number of rotatable bonds is 3. The van der Waals surface area contributed by atoms with Crippen LogP contribution < -0.4 is 0 Å². The van der Waals surface area contributed by atoms with Crippen LogP contribution in [0.1, 0.15) is 24.5 Å². The predicted molar refractivity (Wildman–Crippen MR) is 54.3 cm³/mol. The maximum Gasteiger partial charge on any atom is 0.389 e. The van der Waals surface area contributed by atoms with Gasteiger partial charge in [0.1, 0.15) is 5.82 Å². The van der Waals surface area contributed by atoms with Gasteiger partial charge in [-0.2, -0.15) is 13.2 Å². The van der Waals surface area contributed by atoms with Crippen LogP contribution in [0.5, 0.6) is 0 Å². The fraction of sp³-hybridized carbons (Fsp3) is 0.400. The summed E-state index contributed by atoms with van der Waals surface area (Å²) >= 11 is 3.00. The summed E-state index contributed by atoms with van der Waals surface area (Å²) in [5.74, 6) is -0.601. The average molecular weight is 301 g/mol. The Morgan fingerprint density at radius 3 is 2.38 bits per heavy atom. The van der Waals surface area contributed by atoms with E-state index in [2.05, 4.69) is 15.9 Å². The van der Waals surface area contributed by atoms with E-state index in [0.29, 0.717) is 4.47 Å². The van der Waals surface area contributed by atoms with Gasteiger partial charge in [-0.25, -0.2) is 4.39 Å². The SMILES string of the molecule is OC(CCC(F)(F)F)c1cc(F)cc(Br)c1. The molecule has 16 heavy (non-hydrogen) atoms. The summed E-state index contributed by atoms with van der Waals surface area (Å²) in [6, 6.07) is 3.58. The first-order valence-corrected chi connectivity index (χ1v) is 5.28. The lowest BCUT2D eigenvalue weighted by atomic mass is 10.0. The van der Waals surface area contributed by atoms with Gasteiger partial charge in [0.05, 0.1) is 6.10 Å². The largest absolute Gasteiger partial charge is 0.389 e. The van der Waals surface area contributed by atoms with Crippen LogP contribution in [0.15, 0.2) is 22.7 Å². The highest BCUT2D eigenvalue weighted by atomic mass is 79.9. The molecule has 0 aliphatic carbocycles. The van der Waals surface area contributed by atoms with E-state index in [1.54, 1.807) is 0 Å². The second-order valence-corrected chi connectivity index (χ2v) is 4.29. The standard InChI is InChI=1S/C10H9BrF4O/c11-7-3-6(4-8(12)5-7)9(16)1-2-10(13,14)15/h3-5,9,16H,1-2H2. The molecule has 0 saturated heterocycles. The number of aliphatic hydroxyl groups excluding tert-OH is 1. The number of halogens is 5. The monoisotopic (exact) mass is 300 g/mol. The Bertz CT molecular complexity index is 344. The van der Waals surface area contributed by atoms with Crippen molar-refractivity contribution < 1.29 is 22.7 Å². The quantitative estimate of drug-likeness (QED) is 0.838. The summed E-state index contributed by atoms with van der Waals surface area (Å²) in [5.41, 5.74) is 0.135. The van der Waals surface area contributed by atoms with Crippen molar-refractivity contribution in [1.29, 1.82) is 0 Å². The molecule has 0 bridgehead atoms. The normalized spacial score (nSPS) is 13.9. The molecule has 0 aliphatic rings. The Morgan fingerprint density at radius 2 is 1.88 bits per heavy atom. The van der Waals surface area contributed by atoms with Crippen molar-refractivity contribution in [3.63, 3.8) is 0 Å². The molecule has 0 heterocycles. The van der Waals surface area contributed by atoms with Gasteiger partial charge in [0.25, 0.3) is 0 Å². The second kappa shape index (κ2) is 5.14.